The lowest BCUT2D eigenvalue weighted by atomic mass is 10.2. The van der Waals surface area contributed by atoms with Gasteiger partial charge in [-0.2, -0.15) is 0 Å². The van der Waals surface area contributed by atoms with Crippen molar-refractivity contribution in [3.05, 3.63) is 28.2 Å². The Morgan fingerprint density at radius 2 is 1.94 bits per heavy atom. The molecule has 1 N–H and O–H groups in total. The number of ether oxygens (including phenoxy) is 1. The van der Waals surface area contributed by atoms with E-state index in [1.165, 1.54) is 0 Å². The highest BCUT2D eigenvalue weighted by Crippen LogP contribution is 2.24. The van der Waals surface area contributed by atoms with Crippen LogP contribution in [0.4, 0.5) is 5.69 Å². The van der Waals surface area contributed by atoms with Gasteiger partial charge in [0.25, 0.3) is 0 Å². The molecule has 0 heterocycles. The quantitative estimate of drug-likeness (QED) is 0.847. The molecule has 0 spiro atoms. The van der Waals surface area contributed by atoms with E-state index in [-0.39, 0.29) is 5.97 Å². The molecule has 0 saturated carbocycles. The zero-order valence-electron chi connectivity index (χ0n) is 10.7. The molecule has 0 radical (unpaired) electrons. The average molecular weight is 290 g/mol. The number of hydrogen-bond donors (Lipinski definition) is 1. The Morgan fingerprint density at radius 3 is 2.50 bits per heavy atom. The summed E-state index contributed by atoms with van der Waals surface area (Å²) in [6.45, 7) is 6.03. The third-order valence-electron chi connectivity index (χ3n) is 2.00. The summed E-state index contributed by atoms with van der Waals surface area (Å²) in [4.78, 5) is 11.5. The van der Waals surface area contributed by atoms with Gasteiger partial charge in [-0.05, 0) is 39.0 Å². The molecule has 18 heavy (non-hydrogen) atoms. The molecule has 0 unspecified atom stereocenters. The second-order valence-corrected chi connectivity index (χ2v) is 5.71. The first kappa shape index (κ1) is 15.1. The highest BCUT2D eigenvalue weighted by atomic mass is 35.5. The van der Waals surface area contributed by atoms with E-state index in [1.54, 1.807) is 12.1 Å². The van der Waals surface area contributed by atoms with Gasteiger partial charge in [0.05, 0.1) is 16.5 Å². The maximum Gasteiger partial charge on any atom is 0.308 e. The van der Waals surface area contributed by atoms with Gasteiger partial charge in [0.2, 0.25) is 0 Å². The summed E-state index contributed by atoms with van der Waals surface area (Å²) in [5, 5.41) is 4.08. The second-order valence-electron chi connectivity index (χ2n) is 4.89. The molecular weight excluding hydrogens is 273 g/mol. The van der Waals surface area contributed by atoms with Crippen LogP contribution in [0.2, 0.25) is 10.0 Å². The third kappa shape index (κ3) is 5.61. The smallest absolute Gasteiger partial charge is 0.308 e. The van der Waals surface area contributed by atoms with Crippen LogP contribution in [0.3, 0.4) is 0 Å². The molecule has 5 heteroatoms. The average Bonchev–Trinajstić information content (AvgIpc) is 2.20. The van der Waals surface area contributed by atoms with E-state index in [4.69, 9.17) is 27.9 Å². The second kappa shape index (κ2) is 6.30. The molecule has 0 bridgehead atoms. The number of carbonyl (C=O) groups is 1. The number of anilines is 1. The molecule has 1 aromatic rings. The van der Waals surface area contributed by atoms with Crippen LogP contribution in [-0.2, 0) is 9.53 Å². The van der Waals surface area contributed by atoms with Crippen molar-refractivity contribution >= 4 is 34.9 Å². The lowest BCUT2D eigenvalue weighted by molar-refractivity contribution is -0.154. The van der Waals surface area contributed by atoms with Gasteiger partial charge in [0.1, 0.15) is 5.60 Å². The minimum absolute atomic E-state index is 0.227. The molecule has 0 aliphatic heterocycles. The van der Waals surface area contributed by atoms with Crippen molar-refractivity contribution < 1.29 is 9.53 Å². The molecular formula is C13H17Cl2NO2. The van der Waals surface area contributed by atoms with Crippen molar-refractivity contribution in [1.82, 2.24) is 0 Å². The molecule has 0 aliphatic carbocycles. The Hall–Kier alpha value is -0.930. The van der Waals surface area contributed by atoms with E-state index in [1.807, 2.05) is 26.8 Å². The van der Waals surface area contributed by atoms with E-state index in [2.05, 4.69) is 5.32 Å². The van der Waals surface area contributed by atoms with Crippen LogP contribution in [0, 0.1) is 0 Å². The Balaban J connectivity index is 2.38. The molecule has 1 rings (SSSR count). The maximum absolute atomic E-state index is 11.5. The van der Waals surface area contributed by atoms with Gasteiger partial charge in [-0.1, -0.05) is 23.2 Å². The van der Waals surface area contributed by atoms with Crippen molar-refractivity contribution in [2.75, 3.05) is 11.9 Å². The zero-order valence-corrected chi connectivity index (χ0v) is 12.2. The summed E-state index contributed by atoms with van der Waals surface area (Å²) < 4.78 is 5.19. The fourth-order valence-electron chi connectivity index (χ4n) is 1.31. The number of esters is 1. The number of nitrogens with one attached hydrogen (secondary N) is 1. The standard InChI is InChI=1S/C13H17Cl2NO2/c1-13(2,3)18-12(17)6-7-16-9-4-5-10(14)11(15)8-9/h4-5,8,16H,6-7H2,1-3H3. The van der Waals surface area contributed by atoms with Crippen LogP contribution in [0.5, 0.6) is 0 Å². The number of halogens is 2. The Bertz CT molecular complexity index is 427. The Kier molecular flexibility index (Phi) is 5.29. The van der Waals surface area contributed by atoms with Crippen molar-refractivity contribution in [3.8, 4) is 0 Å². The molecule has 0 amide bonds. The maximum atomic E-state index is 11.5. The van der Waals surface area contributed by atoms with Gasteiger partial charge in [0.15, 0.2) is 0 Å². The molecule has 3 nitrogen and oxygen atoms in total. The number of rotatable bonds is 4. The summed E-state index contributed by atoms with van der Waals surface area (Å²) in [6, 6.07) is 5.24. The minimum Gasteiger partial charge on any atom is -0.460 e. The fraction of sp³-hybridized carbons (Fsp3) is 0.462. The van der Waals surface area contributed by atoms with Crippen LogP contribution in [-0.4, -0.2) is 18.1 Å². The van der Waals surface area contributed by atoms with Crippen molar-refractivity contribution in [1.29, 1.82) is 0 Å². The molecule has 0 saturated heterocycles. The summed E-state index contributed by atoms with van der Waals surface area (Å²) >= 11 is 11.7. The highest BCUT2D eigenvalue weighted by Gasteiger charge is 2.15. The van der Waals surface area contributed by atoms with Crippen LogP contribution in [0.1, 0.15) is 27.2 Å². The van der Waals surface area contributed by atoms with E-state index >= 15 is 0 Å². The van der Waals surface area contributed by atoms with Crippen molar-refractivity contribution in [2.45, 2.75) is 32.8 Å². The van der Waals surface area contributed by atoms with Gasteiger partial charge in [0, 0.05) is 12.2 Å². The normalized spacial score (nSPS) is 11.2. The monoisotopic (exact) mass is 289 g/mol. The first-order valence-electron chi connectivity index (χ1n) is 5.69. The first-order valence-corrected chi connectivity index (χ1v) is 6.44. The molecule has 0 aromatic heterocycles. The Morgan fingerprint density at radius 1 is 1.28 bits per heavy atom. The number of carbonyl (C=O) groups excluding carboxylic acids is 1. The highest BCUT2D eigenvalue weighted by molar-refractivity contribution is 6.42. The topological polar surface area (TPSA) is 38.3 Å². The number of benzene rings is 1. The lowest BCUT2D eigenvalue weighted by Gasteiger charge is -2.19. The van der Waals surface area contributed by atoms with Gasteiger partial charge < -0.3 is 10.1 Å². The fourth-order valence-corrected chi connectivity index (χ4v) is 1.61. The predicted molar refractivity (Wildman–Crippen MR) is 75.4 cm³/mol. The third-order valence-corrected chi connectivity index (χ3v) is 2.74. The largest absolute Gasteiger partial charge is 0.460 e. The molecule has 100 valence electrons. The van der Waals surface area contributed by atoms with Gasteiger partial charge in [-0.3, -0.25) is 4.79 Å². The first-order chi connectivity index (χ1) is 8.28. The van der Waals surface area contributed by atoms with E-state index < -0.39 is 5.60 Å². The summed E-state index contributed by atoms with van der Waals surface area (Å²) in [6.07, 6.45) is 0.303. The Labute approximate surface area is 117 Å². The number of hydrogen-bond acceptors (Lipinski definition) is 3. The molecule has 1 aromatic carbocycles. The molecule has 0 fully saturated rings. The molecule has 0 aliphatic rings. The SMILES string of the molecule is CC(C)(C)OC(=O)CCNc1ccc(Cl)c(Cl)c1. The minimum atomic E-state index is -0.444. The van der Waals surface area contributed by atoms with Crippen molar-refractivity contribution in [2.24, 2.45) is 0 Å². The lowest BCUT2D eigenvalue weighted by Crippen LogP contribution is -2.25. The van der Waals surface area contributed by atoms with E-state index in [9.17, 15) is 4.79 Å². The van der Waals surface area contributed by atoms with Gasteiger partial charge >= 0.3 is 5.97 Å². The van der Waals surface area contributed by atoms with E-state index in [0.717, 1.165) is 5.69 Å². The van der Waals surface area contributed by atoms with Crippen LogP contribution in [0.15, 0.2) is 18.2 Å². The van der Waals surface area contributed by atoms with Crippen LogP contribution >= 0.6 is 23.2 Å². The van der Waals surface area contributed by atoms with E-state index in [0.29, 0.717) is 23.0 Å². The summed E-state index contributed by atoms with van der Waals surface area (Å²) in [5.41, 5.74) is 0.383. The van der Waals surface area contributed by atoms with Crippen molar-refractivity contribution in [3.63, 3.8) is 0 Å². The molecule has 0 atom stereocenters. The van der Waals surface area contributed by atoms with Gasteiger partial charge in [-0.15, -0.1) is 0 Å². The van der Waals surface area contributed by atoms with Gasteiger partial charge in [-0.25, -0.2) is 0 Å². The predicted octanol–water partition coefficient (Wildman–Crippen LogP) is 4.14. The summed E-state index contributed by atoms with van der Waals surface area (Å²) in [7, 11) is 0. The summed E-state index contributed by atoms with van der Waals surface area (Å²) in [5.74, 6) is -0.227. The zero-order chi connectivity index (χ0) is 13.8. The van der Waals surface area contributed by atoms with Crippen LogP contribution in [0.25, 0.3) is 0 Å². The van der Waals surface area contributed by atoms with Crippen LogP contribution < -0.4 is 5.32 Å².